The summed E-state index contributed by atoms with van der Waals surface area (Å²) in [6.07, 6.45) is 12.2. The lowest BCUT2D eigenvalue weighted by molar-refractivity contribution is -0.934. The second kappa shape index (κ2) is 16.6. The Morgan fingerprint density at radius 1 is 0.931 bits per heavy atom. The first-order chi connectivity index (χ1) is 13.8. The maximum absolute atomic E-state index is 11.1. The number of quaternary nitrogens is 1. The van der Waals surface area contributed by atoms with Gasteiger partial charge in [-0.25, -0.2) is 0 Å². The first-order valence-electron chi connectivity index (χ1n) is 11.1. The van der Waals surface area contributed by atoms with E-state index in [4.69, 9.17) is 0 Å². The molecule has 0 aromatic heterocycles. The van der Waals surface area contributed by atoms with Gasteiger partial charge in [0.1, 0.15) is 31.8 Å². The number of aliphatic hydroxyl groups is 3. The molecule has 170 valence electrons. The Hall–Kier alpha value is -1.21. The topological polar surface area (TPSA) is 101 Å². The summed E-state index contributed by atoms with van der Waals surface area (Å²) < 4.78 is 0.291. The van der Waals surface area contributed by atoms with Crippen molar-refractivity contribution in [2.24, 2.45) is 5.92 Å². The van der Waals surface area contributed by atoms with E-state index in [9.17, 15) is 25.2 Å². The third kappa shape index (κ3) is 13.6. The SMILES string of the molecule is CCC/C=C/CC(O)C[N+](CCO)(CCC(C)C(=O)[O-])CC(O)C/C=C/CCC. The first kappa shape index (κ1) is 27.8. The Morgan fingerprint density at radius 3 is 1.79 bits per heavy atom. The molecule has 3 atom stereocenters. The first-order valence-corrected chi connectivity index (χ1v) is 11.1. The summed E-state index contributed by atoms with van der Waals surface area (Å²) in [5, 5.41) is 41.9. The minimum Gasteiger partial charge on any atom is -0.550 e. The highest BCUT2D eigenvalue weighted by atomic mass is 16.4. The lowest BCUT2D eigenvalue weighted by atomic mass is 10.0. The third-order valence-electron chi connectivity index (χ3n) is 5.27. The molecule has 0 heterocycles. The largest absolute Gasteiger partial charge is 0.550 e. The monoisotopic (exact) mass is 413 g/mol. The van der Waals surface area contributed by atoms with Crippen LogP contribution in [0.4, 0.5) is 0 Å². The summed E-state index contributed by atoms with van der Waals surface area (Å²) >= 11 is 0. The van der Waals surface area contributed by atoms with Crippen LogP contribution in [0.25, 0.3) is 0 Å². The highest BCUT2D eigenvalue weighted by molar-refractivity contribution is 5.66. The van der Waals surface area contributed by atoms with Gasteiger partial charge in [-0.05, 0) is 25.7 Å². The Labute approximate surface area is 177 Å². The minimum atomic E-state index is -1.10. The molecule has 0 amide bonds. The van der Waals surface area contributed by atoms with Crippen molar-refractivity contribution in [1.29, 1.82) is 0 Å². The second-order valence-corrected chi connectivity index (χ2v) is 8.19. The van der Waals surface area contributed by atoms with E-state index in [-0.39, 0.29) is 6.61 Å². The average molecular weight is 414 g/mol. The molecule has 6 nitrogen and oxygen atoms in total. The fraction of sp³-hybridized carbons (Fsp3) is 0.783. The molecule has 0 rings (SSSR count). The van der Waals surface area contributed by atoms with E-state index < -0.39 is 24.1 Å². The number of carboxylic acid groups (broad SMARTS) is 1. The van der Waals surface area contributed by atoms with Crippen LogP contribution in [-0.4, -0.2) is 70.8 Å². The number of unbranched alkanes of at least 4 members (excludes halogenated alkanes) is 2. The Balaban J connectivity index is 5.21. The summed E-state index contributed by atoms with van der Waals surface area (Å²) in [6.45, 7) is 7.27. The minimum absolute atomic E-state index is 0.0868. The number of allylic oxidation sites excluding steroid dienone is 2. The van der Waals surface area contributed by atoms with Gasteiger partial charge < -0.3 is 29.7 Å². The van der Waals surface area contributed by atoms with Crippen LogP contribution in [0.5, 0.6) is 0 Å². The molecular formula is C23H43NO5. The van der Waals surface area contributed by atoms with Gasteiger partial charge in [-0.3, -0.25) is 0 Å². The molecule has 0 radical (unpaired) electrons. The van der Waals surface area contributed by atoms with Crippen LogP contribution in [0, 0.1) is 5.92 Å². The predicted octanol–water partition coefficient (Wildman–Crippen LogP) is 1.79. The molecule has 0 spiro atoms. The molecule has 0 bridgehead atoms. The fourth-order valence-corrected chi connectivity index (χ4v) is 3.47. The molecule has 0 saturated heterocycles. The van der Waals surface area contributed by atoms with Crippen LogP contribution in [0.15, 0.2) is 24.3 Å². The van der Waals surface area contributed by atoms with Gasteiger partial charge in [-0.2, -0.15) is 0 Å². The molecule has 0 aromatic carbocycles. The molecule has 0 saturated carbocycles. The van der Waals surface area contributed by atoms with Gasteiger partial charge in [-0.1, -0.05) is 57.9 Å². The quantitative estimate of drug-likeness (QED) is 0.235. The van der Waals surface area contributed by atoms with Gasteiger partial charge >= 0.3 is 0 Å². The molecular weight excluding hydrogens is 370 g/mol. The zero-order valence-electron chi connectivity index (χ0n) is 18.6. The standard InChI is InChI=1S/C23H43NO5/c1-4-6-8-10-12-21(26)18-24(16-17-25,15-14-20(3)23(28)29)19-22(27)13-11-9-7-5-2/h8-11,20-22,25-27H,4-7,12-19H2,1-3H3/b10-8+,11-9+. The van der Waals surface area contributed by atoms with E-state index in [1.165, 1.54) is 0 Å². The van der Waals surface area contributed by atoms with Gasteiger partial charge in [0.2, 0.25) is 0 Å². The van der Waals surface area contributed by atoms with Crippen LogP contribution in [0.3, 0.4) is 0 Å². The molecule has 0 aliphatic rings. The number of carboxylic acids is 1. The summed E-state index contributed by atoms with van der Waals surface area (Å²) in [5.41, 5.74) is 0. The van der Waals surface area contributed by atoms with Crippen molar-refractivity contribution in [2.75, 3.05) is 32.8 Å². The normalized spacial score (nSPS) is 17.4. The van der Waals surface area contributed by atoms with Crippen LogP contribution in [-0.2, 0) is 4.79 Å². The van der Waals surface area contributed by atoms with Crippen LogP contribution < -0.4 is 5.11 Å². The van der Waals surface area contributed by atoms with Gasteiger partial charge in [0.05, 0.1) is 13.2 Å². The summed E-state index contributed by atoms with van der Waals surface area (Å²) in [6, 6.07) is 0. The number of aliphatic hydroxyl groups excluding tert-OH is 3. The van der Waals surface area contributed by atoms with Gasteiger partial charge in [0, 0.05) is 18.3 Å². The summed E-state index contributed by atoms with van der Waals surface area (Å²) in [7, 11) is 0. The molecule has 29 heavy (non-hydrogen) atoms. The van der Waals surface area contributed by atoms with Crippen molar-refractivity contribution in [3.63, 3.8) is 0 Å². The molecule has 0 fully saturated rings. The lowest BCUT2D eigenvalue weighted by Crippen LogP contribution is -2.58. The van der Waals surface area contributed by atoms with E-state index in [2.05, 4.69) is 26.0 Å². The van der Waals surface area contributed by atoms with Crippen LogP contribution in [0.2, 0.25) is 0 Å². The average Bonchev–Trinajstić information content (AvgIpc) is 2.67. The third-order valence-corrected chi connectivity index (χ3v) is 5.27. The Kier molecular flexibility index (Phi) is 15.9. The zero-order chi connectivity index (χ0) is 22.1. The van der Waals surface area contributed by atoms with E-state index >= 15 is 0 Å². The molecule has 6 heteroatoms. The number of aliphatic carboxylic acids is 1. The smallest absolute Gasteiger partial charge is 0.106 e. The van der Waals surface area contributed by atoms with E-state index in [1.54, 1.807) is 6.92 Å². The number of nitrogens with zero attached hydrogens (tertiary/aromatic N) is 1. The molecule has 3 N–H and O–H groups in total. The number of hydrogen-bond acceptors (Lipinski definition) is 5. The Morgan fingerprint density at radius 2 is 1.41 bits per heavy atom. The number of rotatable bonds is 18. The summed E-state index contributed by atoms with van der Waals surface area (Å²) in [5.74, 6) is -1.72. The van der Waals surface area contributed by atoms with Crippen molar-refractivity contribution < 1.29 is 29.7 Å². The second-order valence-electron chi connectivity index (χ2n) is 8.19. The number of hydrogen-bond donors (Lipinski definition) is 3. The van der Waals surface area contributed by atoms with Crippen LogP contribution >= 0.6 is 0 Å². The zero-order valence-corrected chi connectivity index (χ0v) is 18.6. The van der Waals surface area contributed by atoms with Crippen molar-refractivity contribution in [1.82, 2.24) is 0 Å². The van der Waals surface area contributed by atoms with Crippen molar-refractivity contribution >= 4 is 5.97 Å². The van der Waals surface area contributed by atoms with Crippen molar-refractivity contribution in [2.45, 2.75) is 77.9 Å². The summed E-state index contributed by atoms with van der Waals surface area (Å²) in [4.78, 5) is 11.1. The van der Waals surface area contributed by atoms with Crippen molar-refractivity contribution in [3.8, 4) is 0 Å². The molecule has 3 unspecified atom stereocenters. The molecule has 0 aliphatic carbocycles. The van der Waals surface area contributed by atoms with Crippen molar-refractivity contribution in [3.05, 3.63) is 24.3 Å². The van der Waals surface area contributed by atoms with E-state index in [1.807, 2.05) is 12.2 Å². The number of carbonyl (C=O) groups is 1. The maximum Gasteiger partial charge on any atom is 0.106 e. The van der Waals surface area contributed by atoms with E-state index in [0.29, 0.717) is 49.9 Å². The molecule has 0 aliphatic heterocycles. The van der Waals surface area contributed by atoms with E-state index in [0.717, 1.165) is 25.7 Å². The predicted molar refractivity (Wildman–Crippen MR) is 115 cm³/mol. The number of carbonyl (C=O) groups excluding carboxylic acids is 1. The fourth-order valence-electron chi connectivity index (χ4n) is 3.47. The van der Waals surface area contributed by atoms with Gasteiger partial charge in [0.15, 0.2) is 0 Å². The lowest BCUT2D eigenvalue weighted by Gasteiger charge is -2.41. The highest BCUT2D eigenvalue weighted by Crippen LogP contribution is 2.17. The molecule has 0 aromatic rings. The van der Waals surface area contributed by atoms with Gasteiger partial charge in [-0.15, -0.1) is 0 Å². The van der Waals surface area contributed by atoms with Crippen LogP contribution in [0.1, 0.15) is 65.7 Å². The highest BCUT2D eigenvalue weighted by Gasteiger charge is 2.32. The van der Waals surface area contributed by atoms with Gasteiger partial charge in [0.25, 0.3) is 0 Å². The maximum atomic E-state index is 11.1. The Bertz CT molecular complexity index is 452.